The Balaban J connectivity index is 1.68. The maximum atomic E-state index is 11.5. The molecule has 2 fully saturated rings. The fourth-order valence-corrected chi connectivity index (χ4v) is 3.39. The van der Waals surface area contributed by atoms with Gasteiger partial charge >= 0.3 is 0 Å². The molecule has 110 valence electrons. The zero-order chi connectivity index (χ0) is 13.9. The van der Waals surface area contributed by atoms with Gasteiger partial charge in [0.1, 0.15) is 0 Å². The molecule has 2 aliphatic rings. The van der Waals surface area contributed by atoms with E-state index in [2.05, 4.69) is 10.2 Å². The van der Waals surface area contributed by atoms with Crippen LogP contribution in [0.15, 0.2) is 4.42 Å². The van der Waals surface area contributed by atoms with Crippen molar-refractivity contribution in [1.82, 2.24) is 15.1 Å². The van der Waals surface area contributed by atoms with Crippen LogP contribution >= 0.6 is 0 Å². The van der Waals surface area contributed by atoms with Gasteiger partial charge in [-0.15, -0.1) is 10.2 Å². The molecule has 1 aliphatic heterocycles. The largest absolute Gasteiger partial charge is 0.425 e. The Kier molecular flexibility index (Phi) is 4.03. The van der Waals surface area contributed by atoms with Gasteiger partial charge in [0, 0.05) is 25.9 Å². The molecule has 20 heavy (non-hydrogen) atoms. The highest BCUT2D eigenvalue weighted by Crippen LogP contribution is 2.33. The standard InChI is InChI=1S/C15H23N3O2/c1-11(19)18-9-5-8-13(10-18)15-17-16-14(20-15)12-6-3-2-4-7-12/h12-13H,2-10H2,1H3. The van der Waals surface area contributed by atoms with Gasteiger partial charge in [-0.3, -0.25) is 4.79 Å². The smallest absolute Gasteiger partial charge is 0.221 e. The van der Waals surface area contributed by atoms with Crippen LogP contribution in [0, 0.1) is 0 Å². The van der Waals surface area contributed by atoms with Crippen LogP contribution in [0.25, 0.3) is 0 Å². The molecule has 5 nitrogen and oxygen atoms in total. The first-order valence-electron chi connectivity index (χ1n) is 7.83. The van der Waals surface area contributed by atoms with Crippen molar-refractivity contribution in [3.63, 3.8) is 0 Å². The molecule has 1 unspecified atom stereocenters. The summed E-state index contributed by atoms with van der Waals surface area (Å²) in [6.07, 6.45) is 8.26. The zero-order valence-corrected chi connectivity index (χ0v) is 12.2. The van der Waals surface area contributed by atoms with E-state index in [1.807, 2.05) is 4.90 Å². The zero-order valence-electron chi connectivity index (χ0n) is 12.2. The quantitative estimate of drug-likeness (QED) is 0.834. The van der Waals surface area contributed by atoms with Crippen LogP contribution in [0.3, 0.4) is 0 Å². The molecule has 1 saturated carbocycles. The SMILES string of the molecule is CC(=O)N1CCCC(c2nnc(C3CCCCC3)o2)C1. The summed E-state index contributed by atoms with van der Waals surface area (Å²) in [7, 11) is 0. The lowest BCUT2D eigenvalue weighted by Gasteiger charge is -2.30. The van der Waals surface area contributed by atoms with Gasteiger partial charge in [-0.05, 0) is 25.7 Å². The molecular weight excluding hydrogens is 254 g/mol. The second-order valence-corrected chi connectivity index (χ2v) is 6.12. The van der Waals surface area contributed by atoms with Gasteiger partial charge in [0.15, 0.2) is 0 Å². The van der Waals surface area contributed by atoms with E-state index in [9.17, 15) is 4.79 Å². The number of nitrogens with zero attached hydrogens (tertiary/aromatic N) is 3. The first-order valence-corrected chi connectivity index (χ1v) is 7.83. The monoisotopic (exact) mass is 277 g/mol. The van der Waals surface area contributed by atoms with E-state index in [0.717, 1.165) is 37.7 Å². The molecule has 0 N–H and O–H groups in total. The fourth-order valence-electron chi connectivity index (χ4n) is 3.39. The van der Waals surface area contributed by atoms with Gasteiger partial charge in [0.05, 0.1) is 5.92 Å². The van der Waals surface area contributed by atoms with E-state index >= 15 is 0 Å². The van der Waals surface area contributed by atoms with Crippen molar-refractivity contribution in [3.8, 4) is 0 Å². The van der Waals surface area contributed by atoms with Gasteiger partial charge in [0.25, 0.3) is 0 Å². The molecule has 2 heterocycles. The summed E-state index contributed by atoms with van der Waals surface area (Å²) in [4.78, 5) is 13.4. The van der Waals surface area contributed by atoms with E-state index in [4.69, 9.17) is 4.42 Å². The maximum absolute atomic E-state index is 11.5. The lowest BCUT2D eigenvalue weighted by molar-refractivity contribution is -0.130. The Hall–Kier alpha value is -1.39. The minimum atomic E-state index is 0.140. The van der Waals surface area contributed by atoms with Crippen molar-refractivity contribution in [2.75, 3.05) is 13.1 Å². The summed E-state index contributed by atoms with van der Waals surface area (Å²) in [5.41, 5.74) is 0. The Bertz CT molecular complexity index is 465. The van der Waals surface area contributed by atoms with E-state index in [1.54, 1.807) is 6.92 Å². The third-order valence-electron chi connectivity index (χ3n) is 4.63. The molecule has 0 aromatic carbocycles. The normalized spacial score (nSPS) is 24.9. The summed E-state index contributed by atoms with van der Waals surface area (Å²) < 4.78 is 5.93. The molecule has 1 aromatic rings. The third kappa shape index (κ3) is 2.86. The minimum Gasteiger partial charge on any atom is -0.425 e. The lowest BCUT2D eigenvalue weighted by Crippen LogP contribution is -2.37. The Morgan fingerprint density at radius 1 is 1.05 bits per heavy atom. The Morgan fingerprint density at radius 2 is 1.70 bits per heavy atom. The summed E-state index contributed by atoms with van der Waals surface area (Å²) in [5.74, 6) is 2.37. The van der Waals surface area contributed by atoms with Crippen molar-refractivity contribution in [1.29, 1.82) is 0 Å². The number of carbonyl (C=O) groups excluding carboxylic acids is 1. The molecule has 1 amide bonds. The van der Waals surface area contributed by atoms with Crippen molar-refractivity contribution in [2.45, 2.75) is 63.7 Å². The summed E-state index contributed by atoms with van der Waals surface area (Å²) >= 11 is 0. The number of hydrogen-bond donors (Lipinski definition) is 0. The highest BCUT2D eigenvalue weighted by Gasteiger charge is 2.28. The predicted octanol–water partition coefficient (Wildman–Crippen LogP) is 2.84. The second kappa shape index (κ2) is 5.94. The topological polar surface area (TPSA) is 59.2 Å². The van der Waals surface area contributed by atoms with E-state index in [-0.39, 0.29) is 11.8 Å². The number of hydrogen-bond acceptors (Lipinski definition) is 4. The molecule has 1 aliphatic carbocycles. The first kappa shape index (κ1) is 13.6. The van der Waals surface area contributed by atoms with Gasteiger partial charge in [-0.2, -0.15) is 0 Å². The number of rotatable bonds is 2. The fraction of sp³-hybridized carbons (Fsp3) is 0.800. The molecule has 3 rings (SSSR count). The highest BCUT2D eigenvalue weighted by atomic mass is 16.4. The lowest BCUT2D eigenvalue weighted by atomic mass is 9.89. The van der Waals surface area contributed by atoms with Gasteiger partial charge in [-0.1, -0.05) is 19.3 Å². The average molecular weight is 277 g/mol. The van der Waals surface area contributed by atoms with Crippen LogP contribution < -0.4 is 0 Å². The van der Waals surface area contributed by atoms with Crippen LogP contribution in [-0.4, -0.2) is 34.1 Å². The van der Waals surface area contributed by atoms with Gasteiger partial charge < -0.3 is 9.32 Å². The average Bonchev–Trinajstić information content (AvgIpc) is 2.98. The minimum absolute atomic E-state index is 0.140. The van der Waals surface area contributed by atoms with Gasteiger partial charge in [-0.25, -0.2) is 0 Å². The molecule has 1 aromatic heterocycles. The van der Waals surface area contributed by atoms with Crippen LogP contribution in [0.1, 0.15) is 75.5 Å². The molecule has 1 saturated heterocycles. The third-order valence-corrected chi connectivity index (χ3v) is 4.63. The van der Waals surface area contributed by atoms with E-state index in [0.29, 0.717) is 5.92 Å². The van der Waals surface area contributed by atoms with Crippen LogP contribution in [0.5, 0.6) is 0 Å². The van der Waals surface area contributed by atoms with Crippen LogP contribution in [-0.2, 0) is 4.79 Å². The highest BCUT2D eigenvalue weighted by molar-refractivity contribution is 5.73. The number of amides is 1. The van der Waals surface area contributed by atoms with E-state index in [1.165, 1.54) is 32.1 Å². The molecular formula is C15H23N3O2. The number of piperidine rings is 1. The predicted molar refractivity (Wildman–Crippen MR) is 74.4 cm³/mol. The number of likely N-dealkylation sites (tertiary alicyclic amines) is 1. The summed E-state index contributed by atoms with van der Waals surface area (Å²) in [6, 6.07) is 0. The molecule has 0 spiro atoms. The van der Waals surface area contributed by atoms with E-state index < -0.39 is 0 Å². The number of aromatic nitrogens is 2. The van der Waals surface area contributed by atoms with Crippen LogP contribution in [0.2, 0.25) is 0 Å². The van der Waals surface area contributed by atoms with Crippen molar-refractivity contribution in [3.05, 3.63) is 11.8 Å². The maximum Gasteiger partial charge on any atom is 0.221 e. The van der Waals surface area contributed by atoms with Crippen molar-refractivity contribution < 1.29 is 9.21 Å². The first-order chi connectivity index (χ1) is 9.74. The summed E-state index contributed by atoms with van der Waals surface area (Å²) in [5, 5.41) is 8.52. The number of carbonyl (C=O) groups is 1. The van der Waals surface area contributed by atoms with Gasteiger partial charge in [0.2, 0.25) is 17.7 Å². The molecule has 0 radical (unpaired) electrons. The molecule has 5 heteroatoms. The van der Waals surface area contributed by atoms with Crippen LogP contribution in [0.4, 0.5) is 0 Å². The van der Waals surface area contributed by atoms with Crippen molar-refractivity contribution >= 4 is 5.91 Å². The second-order valence-electron chi connectivity index (χ2n) is 6.12. The molecule has 1 atom stereocenters. The Morgan fingerprint density at radius 3 is 2.40 bits per heavy atom. The Labute approximate surface area is 119 Å². The summed E-state index contributed by atoms with van der Waals surface area (Å²) in [6.45, 7) is 3.21. The molecule has 0 bridgehead atoms. The van der Waals surface area contributed by atoms with Crippen molar-refractivity contribution in [2.24, 2.45) is 0 Å².